The molecular weight excluding hydrogens is 350 g/mol. The number of aromatic carboxylic acids is 1. The second-order valence-electron chi connectivity index (χ2n) is 8.31. The van der Waals surface area contributed by atoms with E-state index in [-0.39, 0.29) is 5.56 Å². The van der Waals surface area contributed by atoms with E-state index in [2.05, 4.69) is 40.2 Å². The number of carboxylic acid groups (broad SMARTS) is 1. The Kier molecular flexibility index (Phi) is 5.89. The van der Waals surface area contributed by atoms with Crippen molar-refractivity contribution in [1.29, 1.82) is 0 Å². The third kappa shape index (κ3) is 4.51. The molecule has 0 unspecified atom stereocenters. The van der Waals surface area contributed by atoms with E-state index < -0.39 is 5.97 Å². The van der Waals surface area contributed by atoms with Gasteiger partial charge in [0.05, 0.1) is 11.3 Å². The molecule has 1 saturated carbocycles. The fraction of sp³-hybridized carbons (Fsp3) is 0.522. The van der Waals surface area contributed by atoms with Crippen molar-refractivity contribution in [2.24, 2.45) is 11.8 Å². The number of carbonyl (C=O) groups is 1. The molecule has 1 N–H and O–H groups in total. The first-order chi connectivity index (χ1) is 13.7. The summed E-state index contributed by atoms with van der Waals surface area (Å²) in [5.74, 6) is 1.05. The summed E-state index contributed by atoms with van der Waals surface area (Å²) < 4.78 is 0. The van der Waals surface area contributed by atoms with Gasteiger partial charge in [-0.1, -0.05) is 56.0 Å². The van der Waals surface area contributed by atoms with Crippen LogP contribution in [0.1, 0.15) is 60.1 Å². The summed E-state index contributed by atoms with van der Waals surface area (Å²) in [6.07, 6.45) is 10.5. The van der Waals surface area contributed by atoms with Gasteiger partial charge >= 0.3 is 5.97 Å². The van der Waals surface area contributed by atoms with Crippen molar-refractivity contribution in [1.82, 2.24) is 9.97 Å². The number of hydrogen-bond donors (Lipinski definition) is 1. The van der Waals surface area contributed by atoms with Crippen LogP contribution in [0, 0.1) is 11.8 Å². The van der Waals surface area contributed by atoms with Gasteiger partial charge in [0.2, 0.25) is 5.95 Å². The number of anilines is 1. The van der Waals surface area contributed by atoms with Crippen LogP contribution >= 0.6 is 0 Å². The van der Waals surface area contributed by atoms with Crippen LogP contribution in [0.3, 0.4) is 0 Å². The van der Waals surface area contributed by atoms with Crippen LogP contribution in [0.15, 0.2) is 36.5 Å². The summed E-state index contributed by atoms with van der Waals surface area (Å²) in [5, 5.41) is 9.52. The molecule has 1 saturated heterocycles. The summed E-state index contributed by atoms with van der Waals surface area (Å²) >= 11 is 0. The number of nitrogens with zero attached hydrogens (tertiary/aromatic N) is 3. The molecule has 1 aliphatic heterocycles. The Morgan fingerprint density at radius 1 is 1.00 bits per heavy atom. The molecule has 2 fully saturated rings. The highest BCUT2D eigenvalue weighted by atomic mass is 16.4. The minimum atomic E-state index is -0.916. The normalized spacial score (nSPS) is 18.5. The third-order valence-corrected chi connectivity index (χ3v) is 6.31. The van der Waals surface area contributed by atoms with Crippen LogP contribution in [-0.2, 0) is 12.8 Å². The van der Waals surface area contributed by atoms with E-state index >= 15 is 0 Å². The van der Waals surface area contributed by atoms with Crippen molar-refractivity contribution in [3.05, 3.63) is 53.3 Å². The van der Waals surface area contributed by atoms with Gasteiger partial charge in [-0.25, -0.2) is 14.8 Å². The Morgan fingerprint density at radius 2 is 1.68 bits per heavy atom. The molecule has 28 heavy (non-hydrogen) atoms. The molecule has 4 rings (SSSR count). The summed E-state index contributed by atoms with van der Waals surface area (Å²) in [6, 6.07) is 10.7. The average molecular weight is 380 g/mol. The maximum atomic E-state index is 11.6. The maximum absolute atomic E-state index is 11.6. The zero-order valence-corrected chi connectivity index (χ0v) is 16.4. The fourth-order valence-electron chi connectivity index (χ4n) is 4.67. The predicted octanol–water partition coefficient (Wildman–Crippen LogP) is 4.37. The van der Waals surface area contributed by atoms with Crippen LogP contribution in [-0.4, -0.2) is 34.1 Å². The van der Waals surface area contributed by atoms with Gasteiger partial charge in [-0.15, -0.1) is 0 Å². The summed E-state index contributed by atoms with van der Waals surface area (Å²) in [5.41, 5.74) is 2.40. The van der Waals surface area contributed by atoms with Crippen LogP contribution in [0.2, 0.25) is 0 Å². The van der Waals surface area contributed by atoms with Gasteiger partial charge in [-0.3, -0.25) is 0 Å². The first-order valence-corrected chi connectivity index (χ1v) is 10.6. The van der Waals surface area contributed by atoms with Gasteiger partial charge in [0.15, 0.2) is 0 Å². The lowest BCUT2D eigenvalue weighted by Gasteiger charge is -2.32. The molecule has 1 aromatic heterocycles. The van der Waals surface area contributed by atoms with Crippen molar-refractivity contribution in [2.75, 3.05) is 18.0 Å². The molecule has 0 amide bonds. The topological polar surface area (TPSA) is 66.3 Å². The Hall–Kier alpha value is -2.43. The lowest BCUT2D eigenvalue weighted by Crippen LogP contribution is -2.35. The van der Waals surface area contributed by atoms with E-state index in [1.807, 2.05) is 0 Å². The fourth-order valence-corrected chi connectivity index (χ4v) is 4.67. The van der Waals surface area contributed by atoms with Crippen LogP contribution in [0.25, 0.3) is 0 Å². The first-order valence-electron chi connectivity index (χ1n) is 10.6. The smallest absolute Gasteiger partial charge is 0.339 e. The number of piperidine rings is 1. The molecule has 1 aromatic carbocycles. The van der Waals surface area contributed by atoms with Crippen molar-refractivity contribution >= 4 is 11.9 Å². The van der Waals surface area contributed by atoms with Crippen molar-refractivity contribution in [3.8, 4) is 0 Å². The highest BCUT2D eigenvalue weighted by molar-refractivity contribution is 5.88. The maximum Gasteiger partial charge on any atom is 0.339 e. The van der Waals surface area contributed by atoms with Gasteiger partial charge in [0, 0.05) is 19.3 Å². The molecule has 5 nitrogen and oxygen atoms in total. The minimum absolute atomic E-state index is 0.273. The molecular formula is C23H29N3O2. The van der Waals surface area contributed by atoms with E-state index in [4.69, 9.17) is 4.98 Å². The zero-order chi connectivity index (χ0) is 19.3. The van der Waals surface area contributed by atoms with Crippen LogP contribution in [0.5, 0.6) is 0 Å². The molecule has 1 aliphatic carbocycles. The Balaban J connectivity index is 1.42. The molecule has 2 aromatic rings. The van der Waals surface area contributed by atoms with Gasteiger partial charge in [-0.2, -0.15) is 0 Å². The van der Waals surface area contributed by atoms with E-state index in [0.717, 1.165) is 44.5 Å². The summed E-state index contributed by atoms with van der Waals surface area (Å²) in [7, 11) is 0. The number of carboxylic acids is 1. The molecule has 148 valence electrons. The minimum Gasteiger partial charge on any atom is -0.478 e. The van der Waals surface area contributed by atoms with Crippen molar-refractivity contribution < 1.29 is 9.90 Å². The van der Waals surface area contributed by atoms with Gasteiger partial charge in [0.1, 0.15) is 0 Å². The molecule has 0 atom stereocenters. The quantitative estimate of drug-likeness (QED) is 0.807. The third-order valence-electron chi connectivity index (χ3n) is 6.31. The highest BCUT2D eigenvalue weighted by Crippen LogP contribution is 2.29. The summed E-state index contributed by atoms with van der Waals surface area (Å²) in [6.45, 7) is 1.87. The second-order valence-corrected chi connectivity index (χ2v) is 8.31. The largest absolute Gasteiger partial charge is 0.478 e. The van der Waals surface area contributed by atoms with Crippen molar-refractivity contribution in [3.63, 3.8) is 0 Å². The monoisotopic (exact) mass is 379 g/mol. The lowest BCUT2D eigenvalue weighted by atomic mass is 9.90. The Morgan fingerprint density at radius 3 is 2.36 bits per heavy atom. The average Bonchev–Trinajstić information content (AvgIpc) is 3.22. The van der Waals surface area contributed by atoms with E-state index in [0.29, 0.717) is 17.8 Å². The van der Waals surface area contributed by atoms with Gasteiger partial charge in [0.25, 0.3) is 0 Å². The predicted molar refractivity (Wildman–Crippen MR) is 110 cm³/mol. The van der Waals surface area contributed by atoms with E-state index in [1.54, 1.807) is 0 Å². The number of rotatable bonds is 6. The molecule has 0 radical (unpaired) electrons. The molecule has 0 spiro atoms. The van der Waals surface area contributed by atoms with Crippen molar-refractivity contribution in [2.45, 2.75) is 51.4 Å². The lowest BCUT2D eigenvalue weighted by molar-refractivity contribution is 0.0694. The highest BCUT2D eigenvalue weighted by Gasteiger charge is 2.25. The Bertz CT molecular complexity index is 795. The van der Waals surface area contributed by atoms with Crippen LogP contribution < -0.4 is 4.90 Å². The van der Waals surface area contributed by atoms with Gasteiger partial charge in [-0.05, 0) is 43.1 Å². The molecule has 2 heterocycles. The Labute approximate surface area is 166 Å². The molecule has 2 aliphatic rings. The SMILES string of the molecule is O=C(O)c1cnc(N2CCC(Cc3ccccc3)CC2)nc1CC1CCCC1. The molecule has 0 bridgehead atoms. The second kappa shape index (κ2) is 8.72. The zero-order valence-electron chi connectivity index (χ0n) is 16.4. The van der Waals surface area contributed by atoms with Gasteiger partial charge < -0.3 is 10.0 Å². The summed E-state index contributed by atoms with van der Waals surface area (Å²) in [4.78, 5) is 23.0. The number of aromatic nitrogens is 2. The first kappa shape index (κ1) is 18.9. The standard InChI is InChI=1S/C23H29N3O2/c27-22(28)20-16-24-23(25-21(20)15-18-8-4-5-9-18)26-12-10-19(11-13-26)14-17-6-2-1-3-7-17/h1-3,6-7,16,18-19H,4-5,8-15H2,(H,27,28). The van der Waals surface area contributed by atoms with E-state index in [9.17, 15) is 9.90 Å². The number of hydrogen-bond acceptors (Lipinski definition) is 4. The number of benzene rings is 1. The van der Waals surface area contributed by atoms with Crippen LogP contribution in [0.4, 0.5) is 5.95 Å². The molecule has 5 heteroatoms. The van der Waals surface area contributed by atoms with E-state index in [1.165, 1.54) is 37.4 Å².